The van der Waals surface area contributed by atoms with Gasteiger partial charge in [0.15, 0.2) is 5.96 Å². The Morgan fingerprint density at radius 2 is 1.30 bits per heavy atom. The molecule has 4 atom stereocenters. The van der Waals surface area contributed by atoms with Crippen LogP contribution in [0.2, 0.25) is 0 Å². The standard InChI is InChI=1S/C28H37N7O8/c29-19(13-16-5-2-1-3-6-16)24(39)33-20(7-4-12-32-28(30)31)25(40)34-21(15-23(37)38)26(41)35-22(27(42)43)14-17-8-10-18(36)11-9-17/h1-3,5-6,8-11,19-22,36H,4,7,12-15,29H2,(H,33,39)(H,34,40)(H,35,41)(H,37,38)(H,42,43)(H4,30,31,32)/t19-,20-,21-,22-/m0/s1. The van der Waals surface area contributed by atoms with Gasteiger partial charge in [0.1, 0.15) is 23.9 Å². The number of amides is 3. The minimum Gasteiger partial charge on any atom is -0.508 e. The van der Waals surface area contributed by atoms with E-state index < -0.39 is 60.2 Å². The van der Waals surface area contributed by atoms with E-state index in [2.05, 4.69) is 20.9 Å². The molecule has 12 N–H and O–H groups in total. The highest BCUT2D eigenvalue weighted by Gasteiger charge is 2.31. The lowest BCUT2D eigenvalue weighted by atomic mass is 10.0. The van der Waals surface area contributed by atoms with Gasteiger partial charge in [-0.2, -0.15) is 0 Å². The highest BCUT2D eigenvalue weighted by molar-refractivity contribution is 5.95. The minimum absolute atomic E-state index is 0.00637. The molecule has 232 valence electrons. The Morgan fingerprint density at radius 3 is 1.88 bits per heavy atom. The van der Waals surface area contributed by atoms with Crippen molar-refractivity contribution in [2.24, 2.45) is 22.2 Å². The van der Waals surface area contributed by atoms with Crippen LogP contribution in [0.15, 0.2) is 59.6 Å². The van der Waals surface area contributed by atoms with Crippen LogP contribution in [0.25, 0.3) is 0 Å². The normalized spacial score (nSPS) is 13.4. The fraction of sp³-hybridized carbons (Fsp3) is 0.357. The zero-order valence-corrected chi connectivity index (χ0v) is 23.3. The maximum Gasteiger partial charge on any atom is 0.326 e. The van der Waals surface area contributed by atoms with Crippen LogP contribution < -0.4 is 33.2 Å². The van der Waals surface area contributed by atoms with Crippen LogP contribution in [0.5, 0.6) is 5.75 Å². The van der Waals surface area contributed by atoms with E-state index in [0.29, 0.717) is 5.56 Å². The molecule has 0 aliphatic rings. The quantitative estimate of drug-likeness (QED) is 0.0577. The van der Waals surface area contributed by atoms with E-state index >= 15 is 0 Å². The van der Waals surface area contributed by atoms with Crippen molar-refractivity contribution < 1.29 is 39.3 Å². The summed E-state index contributed by atoms with van der Waals surface area (Å²) in [4.78, 5) is 66.4. The van der Waals surface area contributed by atoms with E-state index in [0.717, 1.165) is 5.56 Å². The summed E-state index contributed by atoms with van der Waals surface area (Å²) in [6.07, 6.45) is -0.639. The third-order valence-electron chi connectivity index (χ3n) is 6.22. The fourth-order valence-corrected chi connectivity index (χ4v) is 4.01. The van der Waals surface area contributed by atoms with E-state index in [1.807, 2.05) is 6.07 Å². The molecule has 0 aliphatic heterocycles. The van der Waals surface area contributed by atoms with Gasteiger partial charge in [0, 0.05) is 13.0 Å². The molecule has 0 spiro atoms. The number of phenols is 1. The predicted molar refractivity (Wildman–Crippen MR) is 156 cm³/mol. The molecule has 2 rings (SSSR count). The van der Waals surface area contributed by atoms with Crippen molar-refractivity contribution in [3.05, 3.63) is 65.7 Å². The molecule has 0 saturated carbocycles. The monoisotopic (exact) mass is 599 g/mol. The smallest absolute Gasteiger partial charge is 0.326 e. The molecule has 2 aromatic rings. The first-order valence-electron chi connectivity index (χ1n) is 13.3. The van der Waals surface area contributed by atoms with Crippen LogP contribution in [0, 0.1) is 0 Å². The molecule has 3 amide bonds. The predicted octanol–water partition coefficient (Wildman–Crippen LogP) is -1.43. The Labute approximate surface area is 247 Å². The van der Waals surface area contributed by atoms with Crippen molar-refractivity contribution in [3.8, 4) is 5.75 Å². The number of carboxylic acids is 2. The van der Waals surface area contributed by atoms with Crippen molar-refractivity contribution in [2.75, 3.05) is 6.54 Å². The second-order valence-electron chi connectivity index (χ2n) is 9.74. The first-order chi connectivity index (χ1) is 20.3. The van der Waals surface area contributed by atoms with Gasteiger partial charge in [-0.3, -0.25) is 24.2 Å². The average Bonchev–Trinajstić information content (AvgIpc) is 2.94. The largest absolute Gasteiger partial charge is 0.508 e. The zero-order valence-electron chi connectivity index (χ0n) is 23.3. The molecule has 2 aromatic carbocycles. The van der Waals surface area contributed by atoms with E-state index in [4.69, 9.17) is 17.2 Å². The van der Waals surface area contributed by atoms with Crippen molar-refractivity contribution in [1.29, 1.82) is 0 Å². The number of aliphatic imine (C=N–C) groups is 1. The van der Waals surface area contributed by atoms with Gasteiger partial charge in [0.2, 0.25) is 17.7 Å². The molecule has 15 nitrogen and oxygen atoms in total. The van der Waals surface area contributed by atoms with Crippen molar-refractivity contribution >= 4 is 35.6 Å². The molecule has 0 unspecified atom stereocenters. The number of nitrogens with two attached hydrogens (primary N) is 3. The zero-order chi connectivity index (χ0) is 31.9. The molecule has 0 heterocycles. The number of carboxylic acid groups (broad SMARTS) is 2. The van der Waals surface area contributed by atoms with Gasteiger partial charge in [-0.05, 0) is 42.5 Å². The first kappa shape index (κ1) is 34.0. The number of benzene rings is 2. The van der Waals surface area contributed by atoms with Gasteiger partial charge in [-0.25, -0.2) is 4.79 Å². The Kier molecular flexibility index (Phi) is 13.4. The third-order valence-corrected chi connectivity index (χ3v) is 6.22. The van der Waals surface area contributed by atoms with E-state index in [1.54, 1.807) is 24.3 Å². The number of carbonyl (C=O) groups is 5. The van der Waals surface area contributed by atoms with E-state index in [1.165, 1.54) is 24.3 Å². The van der Waals surface area contributed by atoms with Gasteiger partial charge in [0.05, 0.1) is 12.5 Å². The van der Waals surface area contributed by atoms with Crippen molar-refractivity contribution in [3.63, 3.8) is 0 Å². The summed E-state index contributed by atoms with van der Waals surface area (Å²) in [6.45, 7) is 0.120. The van der Waals surface area contributed by atoms with Gasteiger partial charge in [0.25, 0.3) is 0 Å². The number of carbonyl (C=O) groups excluding carboxylic acids is 3. The molecule has 0 aromatic heterocycles. The number of nitrogens with zero attached hydrogens (tertiary/aromatic N) is 1. The molecule has 43 heavy (non-hydrogen) atoms. The van der Waals surface area contributed by atoms with Gasteiger partial charge < -0.3 is 48.5 Å². The second-order valence-corrected chi connectivity index (χ2v) is 9.74. The number of hydrogen-bond donors (Lipinski definition) is 9. The Bertz CT molecular complexity index is 1280. The van der Waals surface area contributed by atoms with E-state index in [9.17, 15) is 39.3 Å². The summed E-state index contributed by atoms with van der Waals surface area (Å²) in [5, 5.41) is 35.5. The molecule has 0 radical (unpaired) electrons. The second kappa shape index (κ2) is 16.9. The maximum atomic E-state index is 13.3. The molecule has 0 fully saturated rings. The number of guanidine groups is 1. The molecule has 0 saturated heterocycles. The van der Waals surface area contributed by atoms with Gasteiger partial charge >= 0.3 is 11.9 Å². The van der Waals surface area contributed by atoms with Crippen LogP contribution in [0.1, 0.15) is 30.4 Å². The maximum absolute atomic E-state index is 13.3. The fourth-order valence-electron chi connectivity index (χ4n) is 4.01. The molecule has 0 bridgehead atoms. The first-order valence-corrected chi connectivity index (χ1v) is 13.3. The number of aromatic hydroxyl groups is 1. The topological polar surface area (TPSA) is 273 Å². The van der Waals surface area contributed by atoms with Crippen molar-refractivity contribution in [2.45, 2.75) is 56.3 Å². The lowest BCUT2D eigenvalue weighted by molar-refractivity contribution is -0.143. The van der Waals surface area contributed by atoms with Crippen LogP contribution in [0.4, 0.5) is 0 Å². The summed E-state index contributed by atoms with van der Waals surface area (Å²) >= 11 is 0. The Balaban J connectivity index is 2.17. The number of nitrogens with one attached hydrogen (secondary N) is 3. The highest BCUT2D eigenvalue weighted by atomic mass is 16.4. The summed E-state index contributed by atoms with van der Waals surface area (Å²) < 4.78 is 0. The third kappa shape index (κ3) is 12.5. The highest BCUT2D eigenvalue weighted by Crippen LogP contribution is 2.12. The van der Waals surface area contributed by atoms with Crippen molar-refractivity contribution in [1.82, 2.24) is 16.0 Å². The van der Waals surface area contributed by atoms with Gasteiger partial charge in [-0.1, -0.05) is 42.5 Å². The Morgan fingerprint density at radius 1 is 0.744 bits per heavy atom. The summed E-state index contributed by atoms with van der Waals surface area (Å²) in [5.74, 6) is -5.67. The van der Waals surface area contributed by atoms with Crippen LogP contribution in [0.3, 0.4) is 0 Å². The lowest BCUT2D eigenvalue weighted by Gasteiger charge is -2.24. The minimum atomic E-state index is -1.68. The molecule has 0 aliphatic carbocycles. The number of aliphatic carboxylic acids is 2. The SMILES string of the molecule is NC(N)=NCCC[C@H](NC(=O)[C@@H](N)Cc1ccccc1)C(=O)N[C@@H](CC(=O)O)C(=O)N[C@@H](Cc1ccc(O)cc1)C(=O)O. The van der Waals surface area contributed by atoms with E-state index in [-0.39, 0.29) is 43.9 Å². The summed E-state index contributed by atoms with van der Waals surface area (Å²) in [7, 11) is 0. The summed E-state index contributed by atoms with van der Waals surface area (Å²) in [6, 6.07) is 9.14. The van der Waals surface area contributed by atoms with Crippen LogP contribution in [-0.2, 0) is 36.8 Å². The molecule has 15 heteroatoms. The number of rotatable bonds is 17. The number of phenolic OH excluding ortho intramolecular Hbond substituents is 1. The van der Waals surface area contributed by atoms with Gasteiger partial charge in [-0.15, -0.1) is 0 Å². The molecular formula is C28H37N7O8. The molecular weight excluding hydrogens is 562 g/mol. The number of hydrogen-bond acceptors (Lipinski definition) is 8. The van der Waals surface area contributed by atoms with Crippen LogP contribution >= 0.6 is 0 Å². The average molecular weight is 600 g/mol. The van der Waals surface area contributed by atoms with Crippen LogP contribution in [-0.4, -0.2) is 81.7 Å². The lowest BCUT2D eigenvalue weighted by Crippen LogP contribution is -2.57. The summed E-state index contributed by atoms with van der Waals surface area (Å²) in [5.41, 5.74) is 18.0. The Hall–Kier alpha value is -5.18.